The van der Waals surface area contributed by atoms with Gasteiger partial charge in [-0.15, -0.1) is 0 Å². The van der Waals surface area contributed by atoms with E-state index >= 15 is 0 Å². The van der Waals surface area contributed by atoms with E-state index in [2.05, 4.69) is 18.3 Å². The molecule has 0 amide bonds. The molecule has 0 saturated carbocycles. The van der Waals surface area contributed by atoms with Crippen molar-refractivity contribution in [2.24, 2.45) is 11.8 Å². The Labute approximate surface area is 72.7 Å². The van der Waals surface area contributed by atoms with E-state index in [0.29, 0.717) is 18.1 Å². The zero-order chi connectivity index (χ0) is 8.55. The van der Waals surface area contributed by atoms with Crippen LogP contribution in [-0.4, -0.2) is 25.3 Å². The standard InChI is InChI=1S/C9H14N2O/c1-6-5-12-8-2-7(3-10)4-11-9(6)8/h6-9,11H,2,4-5H2,1H3. The summed E-state index contributed by atoms with van der Waals surface area (Å²) >= 11 is 0. The Morgan fingerprint density at radius 1 is 1.58 bits per heavy atom. The van der Waals surface area contributed by atoms with Gasteiger partial charge in [0.2, 0.25) is 0 Å². The molecule has 12 heavy (non-hydrogen) atoms. The number of hydrogen-bond acceptors (Lipinski definition) is 3. The summed E-state index contributed by atoms with van der Waals surface area (Å²) in [5.74, 6) is 0.756. The molecule has 2 aliphatic rings. The number of nitrogens with one attached hydrogen (secondary N) is 1. The summed E-state index contributed by atoms with van der Waals surface area (Å²) in [5.41, 5.74) is 0. The minimum absolute atomic E-state index is 0.150. The van der Waals surface area contributed by atoms with E-state index in [-0.39, 0.29) is 5.92 Å². The first-order chi connectivity index (χ1) is 5.81. The van der Waals surface area contributed by atoms with Crippen molar-refractivity contribution < 1.29 is 4.74 Å². The van der Waals surface area contributed by atoms with Gasteiger partial charge in [0.1, 0.15) is 0 Å². The van der Waals surface area contributed by atoms with Crippen LogP contribution < -0.4 is 5.32 Å². The molecule has 0 aromatic heterocycles. The summed E-state index contributed by atoms with van der Waals surface area (Å²) in [7, 11) is 0. The van der Waals surface area contributed by atoms with Crippen LogP contribution in [0.1, 0.15) is 13.3 Å². The number of nitrogens with zero attached hydrogens (tertiary/aromatic N) is 1. The highest BCUT2D eigenvalue weighted by Gasteiger charge is 2.38. The number of ether oxygens (including phenoxy) is 1. The minimum Gasteiger partial charge on any atom is -0.376 e. The molecule has 4 atom stereocenters. The summed E-state index contributed by atoms with van der Waals surface area (Å²) in [6, 6.07) is 2.78. The summed E-state index contributed by atoms with van der Waals surface area (Å²) in [5, 5.41) is 12.1. The second-order valence-corrected chi connectivity index (χ2v) is 3.84. The topological polar surface area (TPSA) is 45.0 Å². The normalized spacial score (nSPS) is 46.7. The Morgan fingerprint density at radius 3 is 3.17 bits per heavy atom. The van der Waals surface area contributed by atoms with Crippen molar-refractivity contribution in [1.29, 1.82) is 5.26 Å². The van der Waals surface area contributed by atoms with Crippen LogP contribution in [0.15, 0.2) is 0 Å². The summed E-state index contributed by atoms with van der Waals surface area (Å²) in [6.07, 6.45) is 1.21. The maximum Gasteiger partial charge on any atom is 0.0744 e. The van der Waals surface area contributed by atoms with Crippen molar-refractivity contribution in [2.75, 3.05) is 13.2 Å². The Hall–Kier alpha value is -0.590. The molecule has 66 valence electrons. The highest BCUT2D eigenvalue weighted by atomic mass is 16.5. The first kappa shape index (κ1) is 8.03. The predicted octanol–water partition coefficient (Wildman–Crippen LogP) is 0.523. The highest BCUT2D eigenvalue weighted by molar-refractivity contribution is 4.99. The molecular formula is C9H14N2O. The van der Waals surface area contributed by atoms with E-state index in [1.165, 1.54) is 0 Å². The van der Waals surface area contributed by atoms with Gasteiger partial charge < -0.3 is 10.1 Å². The number of hydrogen-bond donors (Lipinski definition) is 1. The molecule has 1 N–H and O–H groups in total. The second-order valence-electron chi connectivity index (χ2n) is 3.84. The Balaban J connectivity index is 2.00. The molecule has 0 spiro atoms. The van der Waals surface area contributed by atoms with E-state index in [9.17, 15) is 0 Å². The molecule has 2 rings (SSSR count). The molecule has 0 aromatic carbocycles. The van der Waals surface area contributed by atoms with Gasteiger partial charge in [0.15, 0.2) is 0 Å². The summed E-state index contributed by atoms with van der Waals surface area (Å²) in [6.45, 7) is 3.89. The van der Waals surface area contributed by atoms with Gasteiger partial charge in [-0.25, -0.2) is 0 Å². The van der Waals surface area contributed by atoms with Crippen LogP contribution in [0.5, 0.6) is 0 Å². The Kier molecular flexibility index (Phi) is 2.03. The lowest BCUT2D eigenvalue weighted by Gasteiger charge is -2.30. The van der Waals surface area contributed by atoms with Gasteiger partial charge in [-0.3, -0.25) is 0 Å². The van der Waals surface area contributed by atoms with E-state index in [1.54, 1.807) is 0 Å². The average molecular weight is 166 g/mol. The van der Waals surface area contributed by atoms with Crippen LogP contribution in [-0.2, 0) is 4.74 Å². The Bertz CT molecular complexity index is 211. The second kappa shape index (κ2) is 3.04. The minimum atomic E-state index is 0.150. The lowest BCUT2D eigenvalue weighted by molar-refractivity contribution is 0.0686. The van der Waals surface area contributed by atoms with Crippen LogP contribution in [0.25, 0.3) is 0 Å². The molecule has 3 heteroatoms. The van der Waals surface area contributed by atoms with Crippen molar-refractivity contribution in [3.05, 3.63) is 0 Å². The smallest absolute Gasteiger partial charge is 0.0744 e. The van der Waals surface area contributed by atoms with Gasteiger partial charge in [0, 0.05) is 12.6 Å². The molecule has 3 nitrogen and oxygen atoms in total. The van der Waals surface area contributed by atoms with Crippen LogP contribution in [0.3, 0.4) is 0 Å². The predicted molar refractivity (Wildman–Crippen MR) is 44.4 cm³/mol. The molecular weight excluding hydrogens is 152 g/mol. The van der Waals surface area contributed by atoms with E-state index < -0.39 is 0 Å². The van der Waals surface area contributed by atoms with Crippen molar-refractivity contribution >= 4 is 0 Å². The van der Waals surface area contributed by atoms with Gasteiger partial charge in [-0.05, 0) is 12.3 Å². The van der Waals surface area contributed by atoms with Crippen LogP contribution in [0.2, 0.25) is 0 Å². The van der Waals surface area contributed by atoms with Gasteiger partial charge in [-0.1, -0.05) is 6.92 Å². The maximum absolute atomic E-state index is 8.73. The van der Waals surface area contributed by atoms with Crippen molar-refractivity contribution in [3.63, 3.8) is 0 Å². The Morgan fingerprint density at radius 2 is 2.42 bits per heavy atom. The molecule has 0 aromatic rings. The van der Waals surface area contributed by atoms with Crippen LogP contribution in [0.4, 0.5) is 0 Å². The van der Waals surface area contributed by atoms with Crippen LogP contribution >= 0.6 is 0 Å². The lowest BCUT2D eigenvalue weighted by atomic mass is 9.89. The van der Waals surface area contributed by atoms with E-state index in [4.69, 9.17) is 10.00 Å². The summed E-state index contributed by atoms with van der Waals surface area (Å²) < 4.78 is 5.59. The third-order valence-corrected chi connectivity index (χ3v) is 2.89. The van der Waals surface area contributed by atoms with Gasteiger partial charge in [-0.2, -0.15) is 5.26 Å². The molecule has 2 saturated heterocycles. The third-order valence-electron chi connectivity index (χ3n) is 2.89. The SMILES string of the molecule is CC1COC2CC(C#N)CNC12. The summed E-state index contributed by atoms with van der Waals surface area (Å²) in [4.78, 5) is 0. The number of piperidine rings is 1. The molecule has 2 fully saturated rings. The van der Waals surface area contributed by atoms with E-state index in [0.717, 1.165) is 19.6 Å². The lowest BCUT2D eigenvalue weighted by Crippen LogP contribution is -2.48. The number of fused-ring (bicyclic) bond motifs is 1. The zero-order valence-corrected chi connectivity index (χ0v) is 7.29. The van der Waals surface area contributed by atoms with Gasteiger partial charge >= 0.3 is 0 Å². The third kappa shape index (κ3) is 1.21. The van der Waals surface area contributed by atoms with Crippen molar-refractivity contribution in [3.8, 4) is 6.07 Å². The largest absolute Gasteiger partial charge is 0.376 e. The average Bonchev–Trinajstić information content (AvgIpc) is 2.47. The fourth-order valence-corrected chi connectivity index (χ4v) is 2.14. The fraction of sp³-hybridized carbons (Fsp3) is 0.889. The molecule has 2 aliphatic heterocycles. The molecule has 2 heterocycles. The first-order valence-corrected chi connectivity index (χ1v) is 4.56. The fourth-order valence-electron chi connectivity index (χ4n) is 2.14. The van der Waals surface area contributed by atoms with Crippen molar-refractivity contribution in [1.82, 2.24) is 5.32 Å². The molecule has 0 aliphatic carbocycles. The quantitative estimate of drug-likeness (QED) is 0.570. The maximum atomic E-state index is 8.73. The molecule has 4 unspecified atom stereocenters. The number of nitriles is 1. The van der Waals surface area contributed by atoms with Gasteiger partial charge in [0.05, 0.1) is 24.7 Å². The molecule has 0 bridgehead atoms. The highest BCUT2D eigenvalue weighted by Crippen LogP contribution is 2.28. The zero-order valence-electron chi connectivity index (χ0n) is 7.29. The monoisotopic (exact) mass is 166 g/mol. The van der Waals surface area contributed by atoms with E-state index in [1.807, 2.05) is 0 Å². The van der Waals surface area contributed by atoms with Gasteiger partial charge in [0.25, 0.3) is 0 Å². The van der Waals surface area contributed by atoms with Crippen molar-refractivity contribution in [2.45, 2.75) is 25.5 Å². The molecule has 0 radical (unpaired) electrons. The first-order valence-electron chi connectivity index (χ1n) is 4.56. The number of rotatable bonds is 0. The van der Waals surface area contributed by atoms with Crippen LogP contribution in [0, 0.1) is 23.2 Å².